The molecule has 1 heterocycles. The molecule has 0 aliphatic heterocycles. The summed E-state index contributed by atoms with van der Waals surface area (Å²) in [5.41, 5.74) is 1.03. The van der Waals surface area contributed by atoms with Gasteiger partial charge in [-0.15, -0.1) is 0 Å². The molecule has 0 saturated heterocycles. The van der Waals surface area contributed by atoms with Crippen molar-refractivity contribution in [1.82, 2.24) is 4.98 Å². The van der Waals surface area contributed by atoms with E-state index in [1.54, 1.807) is 6.20 Å². The molecule has 1 rings (SSSR count). The average molecular weight is 193 g/mol. The number of aliphatic carboxylic acids is 1. The highest BCUT2D eigenvalue weighted by Gasteiger charge is 2.06. The van der Waals surface area contributed by atoms with Crippen LogP contribution >= 0.6 is 0 Å². The first-order valence-corrected chi connectivity index (χ1v) is 4.80. The molecule has 1 aromatic rings. The molecule has 0 radical (unpaired) electrons. The van der Waals surface area contributed by atoms with Gasteiger partial charge in [0.15, 0.2) is 0 Å². The lowest BCUT2D eigenvalue weighted by molar-refractivity contribution is -0.137. The Kier molecular flexibility index (Phi) is 4.11. The second-order valence-corrected chi connectivity index (χ2v) is 3.56. The maximum Gasteiger partial charge on any atom is 0.303 e. The summed E-state index contributed by atoms with van der Waals surface area (Å²) >= 11 is 0. The quantitative estimate of drug-likeness (QED) is 0.779. The molecule has 1 aromatic heterocycles. The lowest BCUT2D eigenvalue weighted by Gasteiger charge is -2.08. The van der Waals surface area contributed by atoms with Gasteiger partial charge < -0.3 is 5.11 Å². The summed E-state index contributed by atoms with van der Waals surface area (Å²) in [5.74, 6) is -0.348. The fourth-order valence-electron chi connectivity index (χ4n) is 1.35. The molecule has 0 aromatic carbocycles. The van der Waals surface area contributed by atoms with Crippen LogP contribution in [0.4, 0.5) is 0 Å². The van der Waals surface area contributed by atoms with E-state index in [-0.39, 0.29) is 6.42 Å². The third-order valence-corrected chi connectivity index (χ3v) is 2.13. The summed E-state index contributed by atoms with van der Waals surface area (Å²) in [7, 11) is 0. The summed E-state index contributed by atoms with van der Waals surface area (Å²) in [6, 6.07) is 5.80. The number of pyridine rings is 1. The summed E-state index contributed by atoms with van der Waals surface area (Å²) in [6.45, 7) is 2.05. The number of carboxylic acids is 1. The van der Waals surface area contributed by atoms with Gasteiger partial charge in [-0.3, -0.25) is 9.78 Å². The first-order chi connectivity index (χ1) is 6.68. The lowest BCUT2D eigenvalue weighted by atomic mass is 10.00. The van der Waals surface area contributed by atoms with Crippen LogP contribution in [0.1, 0.15) is 25.5 Å². The monoisotopic (exact) mass is 193 g/mol. The van der Waals surface area contributed by atoms with Crippen LogP contribution in [0.5, 0.6) is 0 Å². The number of carbonyl (C=O) groups is 1. The van der Waals surface area contributed by atoms with E-state index in [2.05, 4.69) is 11.9 Å². The van der Waals surface area contributed by atoms with Gasteiger partial charge in [-0.05, 0) is 30.9 Å². The molecule has 0 amide bonds. The van der Waals surface area contributed by atoms with Gasteiger partial charge in [-0.25, -0.2) is 0 Å². The number of rotatable bonds is 5. The van der Waals surface area contributed by atoms with Gasteiger partial charge in [0.05, 0.1) is 0 Å². The van der Waals surface area contributed by atoms with Gasteiger partial charge in [0.2, 0.25) is 0 Å². The fourth-order valence-corrected chi connectivity index (χ4v) is 1.35. The van der Waals surface area contributed by atoms with Gasteiger partial charge in [-0.2, -0.15) is 0 Å². The van der Waals surface area contributed by atoms with Crippen LogP contribution in [0.3, 0.4) is 0 Å². The van der Waals surface area contributed by atoms with E-state index in [0.717, 1.165) is 12.1 Å². The highest BCUT2D eigenvalue weighted by atomic mass is 16.4. The standard InChI is InChI=1S/C11H15NO2/c1-9(5-6-11(13)14)8-10-4-2-3-7-12-10/h2-4,7,9H,5-6,8H2,1H3,(H,13,14). The van der Waals surface area contributed by atoms with E-state index < -0.39 is 5.97 Å². The third-order valence-electron chi connectivity index (χ3n) is 2.13. The molecule has 0 bridgehead atoms. The molecule has 1 atom stereocenters. The molecular weight excluding hydrogens is 178 g/mol. The van der Waals surface area contributed by atoms with Crippen molar-refractivity contribution in [3.63, 3.8) is 0 Å². The fraction of sp³-hybridized carbons (Fsp3) is 0.455. The summed E-state index contributed by atoms with van der Waals surface area (Å²) in [5, 5.41) is 8.51. The average Bonchev–Trinajstić information content (AvgIpc) is 2.16. The predicted octanol–water partition coefficient (Wildman–Crippen LogP) is 2.12. The number of nitrogens with zero attached hydrogens (tertiary/aromatic N) is 1. The molecule has 14 heavy (non-hydrogen) atoms. The molecular formula is C11H15NO2. The van der Waals surface area contributed by atoms with Crippen molar-refractivity contribution in [1.29, 1.82) is 0 Å². The van der Waals surface area contributed by atoms with Crippen LogP contribution in [0, 0.1) is 5.92 Å². The Morgan fingerprint density at radius 1 is 1.57 bits per heavy atom. The Hall–Kier alpha value is -1.38. The van der Waals surface area contributed by atoms with E-state index in [0.29, 0.717) is 12.3 Å². The molecule has 1 N–H and O–H groups in total. The molecule has 0 aliphatic rings. The first kappa shape index (κ1) is 10.7. The van der Waals surface area contributed by atoms with Crippen molar-refractivity contribution in [2.24, 2.45) is 5.92 Å². The van der Waals surface area contributed by atoms with Crippen LogP contribution in [0.2, 0.25) is 0 Å². The molecule has 0 aliphatic carbocycles. The second kappa shape index (κ2) is 5.37. The Bertz CT molecular complexity index is 285. The number of carboxylic acid groups (broad SMARTS) is 1. The van der Waals surface area contributed by atoms with Crippen molar-refractivity contribution < 1.29 is 9.90 Å². The summed E-state index contributed by atoms with van der Waals surface area (Å²) in [6.07, 6.45) is 3.58. The van der Waals surface area contributed by atoms with Crippen LogP contribution in [0.25, 0.3) is 0 Å². The predicted molar refractivity (Wildman–Crippen MR) is 54.0 cm³/mol. The molecule has 3 nitrogen and oxygen atoms in total. The Labute approximate surface area is 83.8 Å². The molecule has 3 heteroatoms. The molecule has 0 spiro atoms. The molecule has 0 fully saturated rings. The number of hydrogen-bond donors (Lipinski definition) is 1. The third kappa shape index (κ3) is 4.03. The zero-order valence-electron chi connectivity index (χ0n) is 8.31. The van der Waals surface area contributed by atoms with Gasteiger partial charge in [0.25, 0.3) is 0 Å². The largest absolute Gasteiger partial charge is 0.481 e. The minimum absolute atomic E-state index is 0.244. The van der Waals surface area contributed by atoms with Crippen molar-refractivity contribution in [3.05, 3.63) is 30.1 Å². The normalized spacial score (nSPS) is 12.4. The zero-order valence-corrected chi connectivity index (χ0v) is 8.31. The van der Waals surface area contributed by atoms with E-state index in [4.69, 9.17) is 5.11 Å². The van der Waals surface area contributed by atoms with E-state index in [1.165, 1.54) is 0 Å². The number of hydrogen-bond acceptors (Lipinski definition) is 2. The van der Waals surface area contributed by atoms with Crippen molar-refractivity contribution >= 4 is 5.97 Å². The van der Waals surface area contributed by atoms with Gasteiger partial charge >= 0.3 is 5.97 Å². The maximum atomic E-state index is 10.3. The zero-order chi connectivity index (χ0) is 10.4. The summed E-state index contributed by atoms with van der Waals surface area (Å²) in [4.78, 5) is 14.5. The minimum Gasteiger partial charge on any atom is -0.481 e. The minimum atomic E-state index is -0.724. The van der Waals surface area contributed by atoms with Crippen LogP contribution < -0.4 is 0 Å². The summed E-state index contributed by atoms with van der Waals surface area (Å²) < 4.78 is 0. The molecule has 1 unspecified atom stereocenters. The highest BCUT2D eigenvalue weighted by Crippen LogP contribution is 2.11. The highest BCUT2D eigenvalue weighted by molar-refractivity contribution is 5.66. The Morgan fingerprint density at radius 3 is 2.93 bits per heavy atom. The van der Waals surface area contributed by atoms with E-state index in [9.17, 15) is 4.79 Å². The van der Waals surface area contributed by atoms with Crippen LogP contribution in [-0.4, -0.2) is 16.1 Å². The lowest BCUT2D eigenvalue weighted by Crippen LogP contribution is -2.04. The second-order valence-electron chi connectivity index (χ2n) is 3.56. The van der Waals surface area contributed by atoms with Gasteiger partial charge in [0.1, 0.15) is 0 Å². The van der Waals surface area contributed by atoms with E-state index >= 15 is 0 Å². The van der Waals surface area contributed by atoms with Crippen LogP contribution in [-0.2, 0) is 11.2 Å². The Morgan fingerprint density at radius 2 is 2.36 bits per heavy atom. The van der Waals surface area contributed by atoms with Crippen molar-refractivity contribution in [3.8, 4) is 0 Å². The maximum absolute atomic E-state index is 10.3. The van der Waals surface area contributed by atoms with Crippen LogP contribution in [0.15, 0.2) is 24.4 Å². The SMILES string of the molecule is CC(CCC(=O)O)Cc1ccccn1. The first-order valence-electron chi connectivity index (χ1n) is 4.80. The Balaban J connectivity index is 2.34. The molecule has 0 saturated carbocycles. The molecule has 76 valence electrons. The number of aromatic nitrogens is 1. The van der Waals surface area contributed by atoms with Gasteiger partial charge in [-0.1, -0.05) is 13.0 Å². The van der Waals surface area contributed by atoms with Gasteiger partial charge in [0, 0.05) is 18.3 Å². The van der Waals surface area contributed by atoms with Crippen molar-refractivity contribution in [2.45, 2.75) is 26.2 Å². The van der Waals surface area contributed by atoms with Crippen molar-refractivity contribution in [2.75, 3.05) is 0 Å². The van der Waals surface area contributed by atoms with E-state index in [1.807, 2.05) is 18.2 Å². The smallest absolute Gasteiger partial charge is 0.303 e. The topological polar surface area (TPSA) is 50.2 Å².